The van der Waals surface area contributed by atoms with Crippen molar-refractivity contribution in [2.45, 2.75) is 314 Å². The molecular weight excluding hydrogens is 1030 g/mol. The number of aliphatic hydroxyl groups excluding tert-OH is 5. The van der Waals surface area contributed by atoms with Crippen molar-refractivity contribution >= 4 is 11.9 Å². The van der Waals surface area contributed by atoms with E-state index in [9.17, 15) is 35.1 Å². The van der Waals surface area contributed by atoms with Gasteiger partial charge in [0.05, 0.1) is 25.4 Å². The van der Waals surface area contributed by atoms with Crippen molar-refractivity contribution in [3.63, 3.8) is 0 Å². The number of hydrogen-bond donors (Lipinski definition) is 6. The molecule has 6 N–H and O–H groups in total. The van der Waals surface area contributed by atoms with E-state index in [4.69, 9.17) is 14.2 Å². The third-order valence-corrected chi connectivity index (χ3v) is 15.0. The summed E-state index contributed by atoms with van der Waals surface area (Å²) < 4.78 is 17.6. The Morgan fingerprint density at radius 1 is 0.500 bits per heavy atom. The molecule has 1 rings (SSSR count). The Balaban J connectivity index is 2.60. The van der Waals surface area contributed by atoms with E-state index in [0.717, 1.165) is 128 Å². The normalized spacial score (nSPS) is 19.3. The molecule has 1 aliphatic heterocycles. The number of aliphatic hydroxyl groups is 5. The lowest BCUT2D eigenvalue weighted by molar-refractivity contribution is -0.305. The van der Waals surface area contributed by atoms with Gasteiger partial charge >= 0.3 is 5.97 Å². The molecule has 0 aliphatic carbocycles. The van der Waals surface area contributed by atoms with Gasteiger partial charge in [-0.05, 0) is 89.9 Å². The van der Waals surface area contributed by atoms with Gasteiger partial charge in [0.25, 0.3) is 0 Å². The maximum Gasteiger partial charge on any atom is 0.306 e. The molecule has 0 aromatic carbocycles. The number of unbranched alkanes of at least 4 members (excludes halogenated alkanes) is 27. The quantitative estimate of drug-likeness (QED) is 0.0149. The van der Waals surface area contributed by atoms with Crippen LogP contribution >= 0.6 is 0 Å². The summed E-state index contributed by atoms with van der Waals surface area (Å²) in [5, 5.41) is 57.1. The predicted octanol–water partition coefficient (Wildman–Crippen LogP) is 16.4. The Kier molecular flexibility index (Phi) is 53.7. The topological polar surface area (TPSA) is 175 Å². The smallest absolute Gasteiger partial charge is 0.306 e. The molecule has 1 amide bonds. The van der Waals surface area contributed by atoms with Crippen LogP contribution in [0.3, 0.4) is 0 Å². The number of nitrogens with one attached hydrogen (secondary N) is 1. The van der Waals surface area contributed by atoms with Gasteiger partial charge in [-0.15, -0.1) is 0 Å². The molecule has 11 heteroatoms. The minimum Gasteiger partial charge on any atom is -0.454 e. The van der Waals surface area contributed by atoms with Gasteiger partial charge in [-0.2, -0.15) is 0 Å². The fourth-order valence-corrected chi connectivity index (χ4v) is 9.80. The molecule has 82 heavy (non-hydrogen) atoms. The SMILES string of the molecule is CC/C=C\C/C=C\C/C=C\C/C=C\C/C=C\CCCCCCCCCCCCC(O)C(=O)NC(COC1OC(CO)C(O)C(O)C1OC(=O)CCCCCCCCC/C=C/C=C/C=C/CC)C(O)/C=C/CCCCCCCCCCCC. The molecule has 11 nitrogen and oxygen atoms in total. The van der Waals surface area contributed by atoms with Crippen molar-refractivity contribution in [3.05, 3.63) is 109 Å². The maximum absolute atomic E-state index is 13.5. The zero-order valence-corrected chi connectivity index (χ0v) is 52.1. The van der Waals surface area contributed by atoms with Gasteiger partial charge in [0.2, 0.25) is 5.91 Å². The molecule has 0 radical (unpaired) electrons. The zero-order chi connectivity index (χ0) is 59.6. The molecule has 0 aromatic heterocycles. The lowest BCUT2D eigenvalue weighted by Crippen LogP contribution is -2.61. The highest BCUT2D eigenvalue weighted by Crippen LogP contribution is 2.26. The summed E-state index contributed by atoms with van der Waals surface area (Å²) in [7, 11) is 0. The average molecular weight is 1150 g/mol. The van der Waals surface area contributed by atoms with Gasteiger partial charge in [0.15, 0.2) is 12.4 Å². The molecule has 1 fully saturated rings. The number of carbonyl (C=O) groups excluding carboxylic acids is 2. The molecule has 0 aromatic rings. The zero-order valence-electron chi connectivity index (χ0n) is 52.1. The van der Waals surface area contributed by atoms with E-state index in [2.05, 4.69) is 117 Å². The maximum atomic E-state index is 13.5. The van der Waals surface area contributed by atoms with E-state index in [1.807, 2.05) is 12.2 Å². The minimum atomic E-state index is -1.62. The third-order valence-electron chi connectivity index (χ3n) is 15.0. The number of amides is 1. The minimum absolute atomic E-state index is 0.105. The molecule has 8 unspecified atom stereocenters. The van der Waals surface area contributed by atoms with Gasteiger partial charge < -0.3 is 45.1 Å². The molecule has 0 bridgehead atoms. The fraction of sp³-hybridized carbons (Fsp3) is 0.718. The van der Waals surface area contributed by atoms with E-state index in [0.29, 0.717) is 12.8 Å². The van der Waals surface area contributed by atoms with Gasteiger partial charge in [0, 0.05) is 6.42 Å². The van der Waals surface area contributed by atoms with Crippen molar-refractivity contribution in [1.82, 2.24) is 5.32 Å². The van der Waals surface area contributed by atoms with Crippen LogP contribution in [0, 0.1) is 0 Å². The Labute approximate surface area is 500 Å². The van der Waals surface area contributed by atoms with Crippen LogP contribution in [0.1, 0.15) is 265 Å². The van der Waals surface area contributed by atoms with Crippen molar-refractivity contribution in [3.8, 4) is 0 Å². The van der Waals surface area contributed by atoms with Crippen LogP contribution in [0.4, 0.5) is 0 Å². The van der Waals surface area contributed by atoms with Crippen molar-refractivity contribution in [2.75, 3.05) is 13.2 Å². The number of ether oxygens (including phenoxy) is 3. The van der Waals surface area contributed by atoms with Crippen molar-refractivity contribution in [1.29, 1.82) is 0 Å². The van der Waals surface area contributed by atoms with Crippen LogP contribution in [0.15, 0.2) is 109 Å². The van der Waals surface area contributed by atoms with Gasteiger partial charge in [0.1, 0.15) is 24.4 Å². The second-order valence-electron chi connectivity index (χ2n) is 22.5. The molecule has 8 atom stereocenters. The molecule has 1 heterocycles. The lowest BCUT2D eigenvalue weighted by atomic mass is 9.99. The summed E-state index contributed by atoms with van der Waals surface area (Å²) in [5.41, 5.74) is 0. The standard InChI is InChI=1S/C71H121NO10/c1-4-7-10-13-16-19-22-25-27-28-29-30-31-32-33-34-35-36-37-39-40-43-46-49-52-55-58-64(75)70(79)72-62(63(74)57-54-51-48-45-42-24-21-18-15-12-9-6-3)61-80-71-69(68(78)67(77)65(60-73)81-71)82-66(76)59-56-53-50-47-44-41-38-26-23-20-17-14-11-8-5-2/h7-8,10-11,14,16-17,19-20,23,25,27,29-30,32-33,54,57,62-65,67-69,71,73-75,77-78H,4-6,9,12-13,15,18,21-22,24,26,28,31,34-53,55-56,58-61H2,1-3H3,(H,72,79)/b10-7-,11-8+,17-14+,19-16-,23-20+,27-25-,30-29-,33-32-,57-54+. The molecular formula is C71H121NO10. The average Bonchev–Trinajstić information content (AvgIpc) is 3.68. The van der Waals surface area contributed by atoms with E-state index < -0.39 is 67.4 Å². The van der Waals surface area contributed by atoms with Crippen LogP contribution in [-0.4, -0.2) is 99.6 Å². The fourth-order valence-electron chi connectivity index (χ4n) is 9.80. The van der Waals surface area contributed by atoms with E-state index >= 15 is 0 Å². The first-order valence-corrected chi connectivity index (χ1v) is 33.2. The van der Waals surface area contributed by atoms with E-state index in [1.54, 1.807) is 6.08 Å². The lowest BCUT2D eigenvalue weighted by Gasteiger charge is -2.41. The summed E-state index contributed by atoms with van der Waals surface area (Å²) in [4.78, 5) is 26.6. The molecule has 1 saturated heterocycles. The first-order valence-electron chi connectivity index (χ1n) is 33.2. The summed E-state index contributed by atoms with van der Waals surface area (Å²) >= 11 is 0. The van der Waals surface area contributed by atoms with Gasteiger partial charge in [-0.3, -0.25) is 9.59 Å². The molecule has 470 valence electrons. The van der Waals surface area contributed by atoms with Crippen LogP contribution in [0.5, 0.6) is 0 Å². The van der Waals surface area contributed by atoms with Crippen LogP contribution < -0.4 is 5.32 Å². The highest BCUT2D eigenvalue weighted by Gasteiger charge is 2.47. The second-order valence-corrected chi connectivity index (χ2v) is 22.5. The first kappa shape index (κ1) is 76.3. The molecule has 1 aliphatic rings. The summed E-state index contributed by atoms with van der Waals surface area (Å²) in [6.07, 6.45) is 68.4. The number of carbonyl (C=O) groups is 2. The predicted molar refractivity (Wildman–Crippen MR) is 342 cm³/mol. The highest BCUT2D eigenvalue weighted by atomic mass is 16.7. The number of rotatable bonds is 55. The van der Waals surface area contributed by atoms with Crippen LogP contribution in [-0.2, 0) is 23.8 Å². The Morgan fingerprint density at radius 2 is 0.939 bits per heavy atom. The Bertz CT molecular complexity index is 1750. The van der Waals surface area contributed by atoms with E-state index in [1.165, 1.54) is 89.9 Å². The second kappa shape index (κ2) is 57.7. The van der Waals surface area contributed by atoms with Crippen molar-refractivity contribution < 1.29 is 49.3 Å². The molecule has 0 saturated carbocycles. The monoisotopic (exact) mass is 1150 g/mol. The third kappa shape index (κ3) is 44.8. The van der Waals surface area contributed by atoms with Gasteiger partial charge in [-0.25, -0.2) is 0 Å². The Morgan fingerprint density at radius 3 is 1.45 bits per heavy atom. The summed E-state index contributed by atoms with van der Waals surface area (Å²) in [5.74, 6) is -1.21. The summed E-state index contributed by atoms with van der Waals surface area (Å²) in [6.45, 7) is 5.54. The van der Waals surface area contributed by atoms with Gasteiger partial charge in [-0.1, -0.05) is 278 Å². The number of allylic oxidation sites excluding steroid dienone is 17. The number of hydrogen-bond acceptors (Lipinski definition) is 10. The largest absolute Gasteiger partial charge is 0.454 e. The van der Waals surface area contributed by atoms with Crippen LogP contribution in [0.25, 0.3) is 0 Å². The van der Waals surface area contributed by atoms with E-state index in [-0.39, 0.29) is 19.4 Å². The summed E-state index contributed by atoms with van der Waals surface area (Å²) in [6, 6.07) is -1.03. The first-order chi connectivity index (χ1) is 40.2. The Hall–Kier alpha value is -3.68. The number of esters is 1. The highest BCUT2D eigenvalue weighted by molar-refractivity contribution is 5.80. The molecule has 0 spiro atoms. The van der Waals surface area contributed by atoms with Crippen molar-refractivity contribution in [2.24, 2.45) is 0 Å². The van der Waals surface area contributed by atoms with Crippen LogP contribution in [0.2, 0.25) is 0 Å².